The molecule has 0 bridgehead atoms. The molecule has 0 aliphatic heterocycles. The Hall–Kier alpha value is -1.63. The summed E-state index contributed by atoms with van der Waals surface area (Å²) in [6, 6.07) is 1.89. The van der Waals surface area contributed by atoms with Crippen LogP contribution in [0.5, 0.6) is 6.01 Å². The fraction of sp³-hybridized carbons (Fsp3) is 0.125. The lowest BCUT2D eigenvalue weighted by molar-refractivity contribution is 0.379. The number of aromatic nitrogens is 3. The van der Waals surface area contributed by atoms with Gasteiger partial charge in [-0.2, -0.15) is 15.0 Å². The van der Waals surface area contributed by atoms with E-state index in [2.05, 4.69) is 30.9 Å². The van der Waals surface area contributed by atoms with Crippen LogP contribution in [0.25, 0.3) is 11.6 Å². The highest BCUT2D eigenvalue weighted by Gasteiger charge is 2.12. The van der Waals surface area contributed by atoms with Gasteiger partial charge in [-0.05, 0) is 22.0 Å². The highest BCUT2D eigenvalue weighted by atomic mass is 79.9. The third-order valence-corrected chi connectivity index (χ3v) is 2.26. The highest BCUT2D eigenvalue weighted by molar-refractivity contribution is 9.10. The standard InChI is InChI=1S/C8H7BrN4O2/c1-14-8-12-6(11-7(10)13-8)5-4(9)2-3-15-5/h2-3H,1H3,(H2,10,11,12,13). The average Bonchev–Trinajstić information content (AvgIpc) is 2.63. The van der Waals surface area contributed by atoms with Crippen molar-refractivity contribution in [2.24, 2.45) is 0 Å². The van der Waals surface area contributed by atoms with E-state index < -0.39 is 0 Å². The Morgan fingerprint density at radius 2 is 2.20 bits per heavy atom. The van der Waals surface area contributed by atoms with Gasteiger partial charge in [-0.25, -0.2) is 0 Å². The third kappa shape index (κ3) is 1.91. The van der Waals surface area contributed by atoms with Crippen LogP contribution in [0.2, 0.25) is 0 Å². The molecule has 78 valence electrons. The summed E-state index contributed by atoms with van der Waals surface area (Å²) in [5.41, 5.74) is 5.49. The summed E-state index contributed by atoms with van der Waals surface area (Å²) in [5.74, 6) is 0.902. The van der Waals surface area contributed by atoms with Gasteiger partial charge in [-0.3, -0.25) is 0 Å². The van der Waals surface area contributed by atoms with Gasteiger partial charge in [0.2, 0.25) is 11.8 Å². The van der Waals surface area contributed by atoms with Crippen molar-refractivity contribution in [1.82, 2.24) is 15.0 Å². The van der Waals surface area contributed by atoms with Crippen LogP contribution in [0.15, 0.2) is 21.2 Å². The van der Waals surface area contributed by atoms with Crippen molar-refractivity contribution in [2.45, 2.75) is 0 Å². The Bertz CT molecular complexity index is 485. The molecule has 2 aromatic rings. The molecule has 0 saturated carbocycles. The Morgan fingerprint density at radius 3 is 2.80 bits per heavy atom. The molecule has 2 N–H and O–H groups in total. The molecular weight excluding hydrogens is 264 g/mol. The zero-order chi connectivity index (χ0) is 10.8. The molecule has 0 saturated heterocycles. The lowest BCUT2D eigenvalue weighted by Crippen LogP contribution is -2.02. The van der Waals surface area contributed by atoms with E-state index >= 15 is 0 Å². The first kappa shape index (κ1) is 9.91. The summed E-state index contributed by atoms with van der Waals surface area (Å²) in [5, 5.41) is 0. The molecule has 15 heavy (non-hydrogen) atoms. The predicted octanol–water partition coefficient (Wildman–Crippen LogP) is 1.48. The van der Waals surface area contributed by atoms with Gasteiger partial charge in [0.15, 0.2) is 5.76 Å². The second-order valence-electron chi connectivity index (χ2n) is 2.60. The van der Waals surface area contributed by atoms with Gasteiger partial charge in [0.05, 0.1) is 17.8 Å². The molecule has 0 atom stereocenters. The van der Waals surface area contributed by atoms with Crippen molar-refractivity contribution >= 4 is 21.9 Å². The molecule has 0 unspecified atom stereocenters. The van der Waals surface area contributed by atoms with E-state index in [4.69, 9.17) is 14.9 Å². The van der Waals surface area contributed by atoms with E-state index in [1.165, 1.54) is 13.4 Å². The van der Waals surface area contributed by atoms with Gasteiger partial charge in [0, 0.05) is 0 Å². The van der Waals surface area contributed by atoms with Crippen LogP contribution in [0.4, 0.5) is 5.95 Å². The van der Waals surface area contributed by atoms with Gasteiger partial charge < -0.3 is 14.9 Å². The summed E-state index contributed by atoms with van der Waals surface area (Å²) < 4.78 is 10.8. The number of anilines is 1. The van der Waals surface area contributed by atoms with Crippen LogP contribution in [0, 0.1) is 0 Å². The zero-order valence-electron chi connectivity index (χ0n) is 7.77. The molecule has 0 fully saturated rings. The number of rotatable bonds is 2. The number of ether oxygens (including phenoxy) is 1. The molecule has 6 nitrogen and oxygen atoms in total. The number of methoxy groups -OCH3 is 1. The number of nitrogens with two attached hydrogens (primary N) is 1. The van der Waals surface area contributed by atoms with E-state index in [-0.39, 0.29) is 12.0 Å². The van der Waals surface area contributed by atoms with Crippen LogP contribution in [0.3, 0.4) is 0 Å². The van der Waals surface area contributed by atoms with Crippen LogP contribution >= 0.6 is 15.9 Å². The smallest absolute Gasteiger partial charge is 0.321 e. The molecule has 0 amide bonds. The normalized spacial score (nSPS) is 10.3. The summed E-state index contributed by atoms with van der Waals surface area (Å²) >= 11 is 3.30. The Labute approximate surface area is 93.6 Å². The minimum Gasteiger partial charge on any atom is -0.467 e. The van der Waals surface area contributed by atoms with E-state index in [0.29, 0.717) is 11.6 Å². The monoisotopic (exact) mass is 270 g/mol. The second kappa shape index (κ2) is 3.85. The molecular formula is C8H7BrN4O2. The van der Waals surface area contributed by atoms with Crippen LogP contribution < -0.4 is 10.5 Å². The number of furan rings is 1. The number of hydrogen-bond donors (Lipinski definition) is 1. The first-order chi connectivity index (χ1) is 7.20. The number of nitrogen functional groups attached to an aromatic ring is 1. The fourth-order valence-electron chi connectivity index (χ4n) is 1.02. The molecule has 0 radical (unpaired) electrons. The molecule has 2 aromatic heterocycles. The Balaban J connectivity index is 2.53. The molecule has 2 rings (SSSR count). The predicted molar refractivity (Wildman–Crippen MR) is 56.2 cm³/mol. The van der Waals surface area contributed by atoms with Crippen molar-refractivity contribution in [3.05, 3.63) is 16.8 Å². The summed E-state index contributed by atoms with van der Waals surface area (Å²) in [4.78, 5) is 11.7. The lowest BCUT2D eigenvalue weighted by Gasteiger charge is -2.01. The SMILES string of the molecule is COc1nc(N)nc(-c2occc2Br)n1. The van der Waals surface area contributed by atoms with Gasteiger partial charge in [-0.1, -0.05) is 0 Å². The van der Waals surface area contributed by atoms with Crippen molar-refractivity contribution in [3.63, 3.8) is 0 Å². The van der Waals surface area contributed by atoms with E-state index in [9.17, 15) is 0 Å². The maximum absolute atomic E-state index is 5.49. The Kier molecular flexibility index (Phi) is 2.55. The maximum atomic E-state index is 5.49. The van der Waals surface area contributed by atoms with E-state index in [1.54, 1.807) is 6.07 Å². The largest absolute Gasteiger partial charge is 0.467 e. The zero-order valence-corrected chi connectivity index (χ0v) is 9.35. The third-order valence-electron chi connectivity index (χ3n) is 1.64. The maximum Gasteiger partial charge on any atom is 0.321 e. The van der Waals surface area contributed by atoms with Crippen molar-refractivity contribution in [2.75, 3.05) is 12.8 Å². The van der Waals surface area contributed by atoms with Crippen molar-refractivity contribution < 1.29 is 9.15 Å². The first-order valence-electron chi connectivity index (χ1n) is 3.99. The van der Waals surface area contributed by atoms with Gasteiger partial charge in [0.1, 0.15) is 0 Å². The summed E-state index contributed by atoms with van der Waals surface area (Å²) in [6.45, 7) is 0. The number of halogens is 1. The summed E-state index contributed by atoms with van der Waals surface area (Å²) in [6.07, 6.45) is 1.52. The minimum atomic E-state index is 0.0835. The lowest BCUT2D eigenvalue weighted by atomic mass is 10.4. The quantitative estimate of drug-likeness (QED) is 0.890. The molecule has 0 aliphatic rings. The second-order valence-corrected chi connectivity index (χ2v) is 3.46. The molecule has 0 aromatic carbocycles. The van der Waals surface area contributed by atoms with Gasteiger partial charge >= 0.3 is 6.01 Å². The molecule has 0 spiro atoms. The van der Waals surface area contributed by atoms with Crippen LogP contribution in [-0.2, 0) is 0 Å². The number of hydrogen-bond acceptors (Lipinski definition) is 6. The molecule has 7 heteroatoms. The van der Waals surface area contributed by atoms with Crippen LogP contribution in [0.1, 0.15) is 0 Å². The van der Waals surface area contributed by atoms with Crippen molar-refractivity contribution in [1.29, 1.82) is 0 Å². The topological polar surface area (TPSA) is 87.1 Å². The minimum absolute atomic E-state index is 0.0835. The van der Waals surface area contributed by atoms with Gasteiger partial charge in [0.25, 0.3) is 0 Å². The van der Waals surface area contributed by atoms with Crippen molar-refractivity contribution in [3.8, 4) is 17.6 Å². The summed E-state index contributed by atoms with van der Waals surface area (Å²) in [7, 11) is 1.45. The number of nitrogens with zero attached hydrogens (tertiary/aromatic N) is 3. The highest BCUT2D eigenvalue weighted by Crippen LogP contribution is 2.27. The van der Waals surface area contributed by atoms with Gasteiger partial charge in [-0.15, -0.1) is 0 Å². The fourth-order valence-corrected chi connectivity index (χ4v) is 1.40. The first-order valence-corrected chi connectivity index (χ1v) is 4.79. The average molecular weight is 271 g/mol. The molecule has 2 heterocycles. The molecule has 0 aliphatic carbocycles. The van der Waals surface area contributed by atoms with E-state index in [0.717, 1.165) is 4.47 Å². The van der Waals surface area contributed by atoms with E-state index in [1.807, 2.05) is 0 Å². The Morgan fingerprint density at radius 1 is 1.40 bits per heavy atom. The van der Waals surface area contributed by atoms with Crippen LogP contribution in [-0.4, -0.2) is 22.1 Å².